The fraction of sp³-hybridized carbons (Fsp3) is 0.300. The molecule has 1 aliphatic heterocycles. The van der Waals surface area contributed by atoms with Crippen LogP contribution in [-0.4, -0.2) is 63.3 Å². The zero-order valence-electron chi connectivity index (χ0n) is 16.5. The molecule has 1 saturated heterocycles. The number of carbonyl (C=O) groups excluding carboxylic acids is 2. The van der Waals surface area contributed by atoms with E-state index < -0.39 is 15.9 Å². The highest BCUT2D eigenvalue weighted by Gasteiger charge is 2.26. The molecule has 0 spiro atoms. The smallest absolute Gasteiger partial charge is 0.255 e. The Kier molecular flexibility index (Phi) is 6.77. The molecule has 30 heavy (non-hydrogen) atoms. The second kappa shape index (κ2) is 9.13. The molecule has 0 bridgehead atoms. The summed E-state index contributed by atoms with van der Waals surface area (Å²) in [7, 11) is -2.23. The number of sulfonamides is 1. The summed E-state index contributed by atoms with van der Waals surface area (Å²) in [5.74, 6) is -0.775. The molecule has 0 aromatic heterocycles. The lowest BCUT2D eigenvalue weighted by Crippen LogP contribution is -2.47. The lowest BCUT2D eigenvalue weighted by atomic mass is 10.1. The van der Waals surface area contributed by atoms with Crippen LogP contribution in [0.15, 0.2) is 47.4 Å². The predicted octanol–water partition coefficient (Wildman–Crippen LogP) is 1.56. The molecule has 3 rings (SSSR count). The van der Waals surface area contributed by atoms with Crippen LogP contribution in [0.1, 0.15) is 15.9 Å². The Morgan fingerprint density at radius 3 is 2.40 bits per heavy atom. The third kappa shape index (κ3) is 5.37. The molecule has 1 fully saturated rings. The highest BCUT2D eigenvalue weighted by atomic mass is 35.5. The normalized spacial score (nSPS) is 15.1. The fourth-order valence-corrected chi connectivity index (χ4v) is 4.17. The minimum Gasteiger partial charge on any atom is -0.336 e. The summed E-state index contributed by atoms with van der Waals surface area (Å²) in [5.41, 5.74) is 0.863. The van der Waals surface area contributed by atoms with Gasteiger partial charge >= 0.3 is 0 Å². The van der Waals surface area contributed by atoms with Crippen molar-refractivity contribution in [3.63, 3.8) is 0 Å². The zero-order valence-corrected chi connectivity index (χ0v) is 18.0. The van der Waals surface area contributed by atoms with Crippen LogP contribution >= 0.6 is 11.6 Å². The second-order valence-corrected chi connectivity index (χ2v) is 9.10. The van der Waals surface area contributed by atoms with Crippen LogP contribution in [0, 0.1) is 0 Å². The Bertz CT molecular complexity index is 1070. The van der Waals surface area contributed by atoms with Crippen molar-refractivity contribution in [3.8, 4) is 0 Å². The highest BCUT2D eigenvalue weighted by Crippen LogP contribution is 2.23. The minimum absolute atomic E-state index is 0.00819. The van der Waals surface area contributed by atoms with Crippen LogP contribution in [0.4, 0.5) is 5.69 Å². The van der Waals surface area contributed by atoms with Gasteiger partial charge in [-0.3, -0.25) is 9.59 Å². The van der Waals surface area contributed by atoms with Gasteiger partial charge in [-0.2, -0.15) is 0 Å². The van der Waals surface area contributed by atoms with E-state index >= 15 is 0 Å². The number of primary sulfonamides is 1. The maximum Gasteiger partial charge on any atom is 0.255 e. The zero-order chi connectivity index (χ0) is 21.9. The van der Waals surface area contributed by atoms with Crippen molar-refractivity contribution in [2.24, 2.45) is 5.14 Å². The van der Waals surface area contributed by atoms with Crippen LogP contribution in [-0.2, 0) is 21.2 Å². The molecule has 2 amide bonds. The minimum atomic E-state index is -4.18. The number of benzene rings is 2. The van der Waals surface area contributed by atoms with Gasteiger partial charge in [0.05, 0.1) is 16.9 Å². The second-order valence-electron chi connectivity index (χ2n) is 7.17. The molecule has 0 atom stereocenters. The quantitative estimate of drug-likeness (QED) is 0.717. The van der Waals surface area contributed by atoms with Crippen LogP contribution in [0.3, 0.4) is 0 Å². The van der Waals surface area contributed by atoms with Crippen LogP contribution in [0.25, 0.3) is 0 Å². The van der Waals surface area contributed by atoms with Crippen molar-refractivity contribution < 1.29 is 18.0 Å². The Morgan fingerprint density at radius 1 is 1.10 bits per heavy atom. The van der Waals surface area contributed by atoms with E-state index in [1.165, 1.54) is 18.2 Å². The van der Waals surface area contributed by atoms with E-state index in [4.69, 9.17) is 16.7 Å². The van der Waals surface area contributed by atoms with E-state index in [-0.39, 0.29) is 28.5 Å². The van der Waals surface area contributed by atoms with Crippen molar-refractivity contribution in [2.45, 2.75) is 11.3 Å². The Balaban J connectivity index is 1.81. The highest BCUT2D eigenvalue weighted by molar-refractivity contribution is 7.89. The summed E-state index contributed by atoms with van der Waals surface area (Å²) in [6.45, 7) is 2.39. The molecule has 0 saturated carbocycles. The van der Waals surface area contributed by atoms with Gasteiger partial charge in [-0.25, -0.2) is 13.6 Å². The third-order valence-corrected chi connectivity index (χ3v) is 6.22. The lowest BCUT2D eigenvalue weighted by Gasteiger charge is -2.32. The number of likely N-dealkylation sites (N-methyl/N-ethyl adjacent to an activating group) is 1. The SMILES string of the molecule is CN1CCN(C(=O)c2ccc(NC(=O)Cc3ccccc3Cl)cc2S(N)(=O)=O)CC1. The number of piperazine rings is 1. The van der Waals surface area contributed by atoms with E-state index in [1.807, 2.05) is 7.05 Å². The molecule has 0 aliphatic carbocycles. The number of nitrogens with zero attached hydrogens (tertiary/aromatic N) is 2. The Morgan fingerprint density at radius 2 is 1.77 bits per heavy atom. The number of nitrogens with one attached hydrogen (secondary N) is 1. The third-order valence-electron chi connectivity index (χ3n) is 4.90. The molecule has 2 aromatic rings. The van der Waals surface area contributed by atoms with Gasteiger partial charge in [-0.05, 0) is 36.9 Å². The number of anilines is 1. The van der Waals surface area contributed by atoms with Gasteiger partial charge in [-0.15, -0.1) is 0 Å². The summed E-state index contributed by atoms with van der Waals surface area (Å²) < 4.78 is 24.3. The predicted molar refractivity (Wildman–Crippen MR) is 115 cm³/mol. The molecule has 8 nitrogen and oxygen atoms in total. The van der Waals surface area contributed by atoms with E-state index in [0.717, 1.165) is 0 Å². The molecule has 2 aromatic carbocycles. The number of nitrogens with two attached hydrogens (primary N) is 1. The van der Waals surface area contributed by atoms with Gasteiger partial charge in [0, 0.05) is 36.9 Å². The van der Waals surface area contributed by atoms with Crippen LogP contribution < -0.4 is 10.5 Å². The average Bonchev–Trinajstić information content (AvgIpc) is 2.69. The van der Waals surface area contributed by atoms with Crippen molar-refractivity contribution in [1.29, 1.82) is 0 Å². The molecule has 0 radical (unpaired) electrons. The first kappa shape index (κ1) is 22.2. The van der Waals surface area contributed by atoms with E-state index in [2.05, 4.69) is 10.2 Å². The monoisotopic (exact) mass is 450 g/mol. The van der Waals surface area contributed by atoms with Crippen molar-refractivity contribution in [2.75, 3.05) is 38.5 Å². The van der Waals surface area contributed by atoms with Crippen LogP contribution in [0.5, 0.6) is 0 Å². The molecule has 3 N–H and O–H groups in total. The number of hydrogen-bond donors (Lipinski definition) is 2. The molecule has 160 valence electrons. The van der Waals surface area contributed by atoms with E-state index in [0.29, 0.717) is 36.8 Å². The topological polar surface area (TPSA) is 113 Å². The first-order valence-corrected chi connectivity index (χ1v) is 11.3. The molecular weight excluding hydrogens is 428 g/mol. The fourth-order valence-electron chi connectivity index (χ4n) is 3.21. The van der Waals surface area contributed by atoms with Gasteiger partial charge in [0.2, 0.25) is 15.9 Å². The van der Waals surface area contributed by atoms with Gasteiger partial charge in [-0.1, -0.05) is 29.8 Å². The largest absolute Gasteiger partial charge is 0.336 e. The summed E-state index contributed by atoms with van der Waals surface area (Å²) in [6, 6.07) is 11.0. The molecule has 10 heteroatoms. The maximum atomic E-state index is 12.9. The van der Waals surface area contributed by atoms with Gasteiger partial charge in [0.25, 0.3) is 5.91 Å². The van der Waals surface area contributed by atoms with E-state index in [9.17, 15) is 18.0 Å². The lowest BCUT2D eigenvalue weighted by molar-refractivity contribution is -0.115. The summed E-state index contributed by atoms with van der Waals surface area (Å²) in [6.07, 6.45) is 0.0202. The van der Waals surface area contributed by atoms with Crippen molar-refractivity contribution in [1.82, 2.24) is 9.80 Å². The summed E-state index contributed by atoms with van der Waals surface area (Å²) in [4.78, 5) is 28.6. The Labute approximate surface area is 180 Å². The van der Waals surface area contributed by atoms with Crippen molar-refractivity contribution in [3.05, 3.63) is 58.6 Å². The summed E-state index contributed by atoms with van der Waals surface area (Å²) in [5, 5.41) is 8.45. The average molecular weight is 451 g/mol. The number of carbonyl (C=O) groups is 2. The standard InChI is InChI=1S/C20H23ClN4O4S/c1-24-8-10-25(11-9-24)20(27)16-7-6-15(13-18(16)30(22,28)29)23-19(26)12-14-4-2-3-5-17(14)21/h2-7,13H,8-12H2,1H3,(H,23,26)(H2,22,28,29). The molecular formula is C20H23ClN4O4S. The number of halogens is 1. The van der Waals surface area contributed by atoms with Crippen molar-refractivity contribution >= 4 is 39.1 Å². The number of amides is 2. The molecule has 1 aliphatic rings. The van der Waals surface area contributed by atoms with Gasteiger partial charge in [0.15, 0.2) is 0 Å². The summed E-state index contributed by atoms with van der Waals surface area (Å²) >= 11 is 6.07. The molecule has 1 heterocycles. The van der Waals surface area contributed by atoms with E-state index in [1.54, 1.807) is 29.2 Å². The molecule has 0 unspecified atom stereocenters. The number of rotatable bonds is 5. The Hall–Kier alpha value is -2.46. The first-order valence-electron chi connectivity index (χ1n) is 9.33. The van der Waals surface area contributed by atoms with Gasteiger partial charge < -0.3 is 15.1 Å². The first-order chi connectivity index (χ1) is 14.1. The maximum absolute atomic E-state index is 12.9. The van der Waals surface area contributed by atoms with Gasteiger partial charge in [0.1, 0.15) is 0 Å². The van der Waals surface area contributed by atoms with Crippen LogP contribution in [0.2, 0.25) is 5.02 Å². The number of hydrogen-bond acceptors (Lipinski definition) is 5.